The van der Waals surface area contributed by atoms with Crippen LogP contribution in [0.5, 0.6) is 0 Å². The normalized spacial score (nSPS) is 10.3. The minimum atomic E-state index is -1.02. The summed E-state index contributed by atoms with van der Waals surface area (Å²) in [6.45, 7) is 3.36. The van der Waals surface area contributed by atoms with Crippen molar-refractivity contribution in [2.45, 2.75) is 32.2 Å². The number of aliphatic carboxylic acids is 1. The second kappa shape index (κ2) is 14.9. The van der Waals surface area contributed by atoms with Gasteiger partial charge in [0, 0.05) is 18.3 Å². The Balaban J connectivity index is 0.000000361. The molecule has 2 rings (SSSR count). The Morgan fingerprint density at radius 1 is 1.08 bits per heavy atom. The molecule has 0 aliphatic rings. The number of nitrogens with one attached hydrogen (secondary N) is 1. The summed E-state index contributed by atoms with van der Waals surface area (Å²) in [7, 11) is 0. The molecule has 5 nitrogen and oxygen atoms in total. The Morgan fingerprint density at radius 2 is 1.58 bits per heavy atom. The molecule has 1 amide bonds. The Kier molecular flexibility index (Phi) is 13.6. The van der Waals surface area contributed by atoms with Gasteiger partial charge in [0.15, 0.2) is 0 Å². The topological polar surface area (TPSA) is 92.4 Å². The number of hydrogen-bond donors (Lipinski definition) is 3. The second-order valence-corrected chi connectivity index (χ2v) is 5.61. The highest BCUT2D eigenvalue weighted by atomic mass is 35.5. The van der Waals surface area contributed by atoms with Crippen molar-refractivity contribution in [3.05, 3.63) is 71.8 Å². The van der Waals surface area contributed by atoms with Gasteiger partial charge in [0.1, 0.15) is 6.54 Å². The van der Waals surface area contributed by atoms with Crippen LogP contribution in [0.1, 0.15) is 37.4 Å². The van der Waals surface area contributed by atoms with Crippen molar-refractivity contribution in [3.8, 4) is 0 Å². The molecule has 26 heavy (non-hydrogen) atoms. The van der Waals surface area contributed by atoms with E-state index >= 15 is 0 Å². The number of carboxylic acids is 1. The van der Waals surface area contributed by atoms with Crippen LogP contribution in [0.4, 0.5) is 0 Å². The predicted molar refractivity (Wildman–Crippen MR) is 106 cm³/mol. The summed E-state index contributed by atoms with van der Waals surface area (Å²) < 4.78 is 0. The highest BCUT2D eigenvalue weighted by molar-refractivity contribution is 6.17. The van der Waals surface area contributed by atoms with E-state index < -0.39 is 5.97 Å². The third kappa shape index (κ3) is 13.0. The van der Waals surface area contributed by atoms with E-state index in [1.807, 2.05) is 67.6 Å². The lowest BCUT2D eigenvalue weighted by molar-refractivity contribution is -0.137. The molecule has 0 saturated carbocycles. The largest absolute Gasteiger partial charge is 0.480 e. The van der Waals surface area contributed by atoms with Crippen LogP contribution in [0.25, 0.3) is 0 Å². The van der Waals surface area contributed by atoms with Gasteiger partial charge in [-0.2, -0.15) is 0 Å². The van der Waals surface area contributed by atoms with Gasteiger partial charge in [-0.15, -0.1) is 11.6 Å². The average Bonchev–Trinajstić information content (AvgIpc) is 2.68. The van der Waals surface area contributed by atoms with Crippen molar-refractivity contribution < 1.29 is 14.7 Å². The lowest BCUT2D eigenvalue weighted by Gasteiger charge is -2.02. The number of carboxylic acid groups (broad SMARTS) is 1. The molecule has 0 aromatic heterocycles. The van der Waals surface area contributed by atoms with Gasteiger partial charge >= 0.3 is 5.97 Å². The molecule has 0 spiro atoms. The van der Waals surface area contributed by atoms with Gasteiger partial charge in [-0.25, -0.2) is 0 Å². The first-order valence-corrected chi connectivity index (χ1v) is 8.83. The van der Waals surface area contributed by atoms with Crippen molar-refractivity contribution in [2.24, 2.45) is 5.73 Å². The van der Waals surface area contributed by atoms with Crippen LogP contribution in [-0.2, 0) is 15.5 Å². The first kappa shape index (κ1) is 23.6. The van der Waals surface area contributed by atoms with Gasteiger partial charge in [-0.05, 0) is 18.1 Å². The molecule has 0 saturated heterocycles. The van der Waals surface area contributed by atoms with Crippen molar-refractivity contribution in [1.29, 1.82) is 0 Å². The van der Waals surface area contributed by atoms with Gasteiger partial charge in [0.05, 0.1) is 0 Å². The third-order valence-corrected chi connectivity index (χ3v) is 3.39. The molecule has 6 heteroatoms. The Morgan fingerprint density at radius 3 is 1.88 bits per heavy atom. The molecule has 0 radical (unpaired) electrons. The lowest BCUT2D eigenvalue weighted by Crippen LogP contribution is -2.28. The fraction of sp³-hybridized carbons (Fsp3) is 0.300. The Hall–Kier alpha value is -2.37. The molecule has 2 aromatic carbocycles. The molecule has 1 unspecified atom stereocenters. The summed E-state index contributed by atoms with van der Waals surface area (Å²) in [6, 6.07) is 20.2. The van der Waals surface area contributed by atoms with E-state index in [0.717, 1.165) is 0 Å². The third-order valence-electron chi connectivity index (χ3n) is 3.08. The van der Waals surface area contributed by atoms with Crippen LogP contribution in [0, 0.1) is 0 Å². The van der Waals surface area contributed by atoms with E-state index in [-0.39, 0.29) is 18.5 Å². The maximum Gasteiger partial charge on any atom is 0.322 e. The number of amides is 1. The smallest absolute Gasteiger partial charge is 0.322 e. The molecule has 0 bridgehead atoms. The Labute approximate surface area is 160 Å². The van der Waals surface area contributed by atoms with E-state index in [1.54, 1.807) is 6.92 Å². The molecule has 0 fully saturated rings. The molecule has 1 atom stereocenters. The standard InChI is InChI=1S/C8H11N.C7H7Cl.C5H9NO3/c1-7(9)8-5-3-2-4-6-8;8-6-7-4-2-1-3-5-7;1-2-4(7)6-3-5(8)9/h2-7H,9H2,1H3;1-5H,6H2;2-3H2,1H3,(H,6,7)(H,8,9). The van der Waals surface area contributed by atoms with E-state index in [4.69, 9.17) is 22.4 Å². The van der Waals surface area contributed by atoms with Crippen LogP contribution in [0.2, 0.25) is 0 Å². The average molecular weight is 379 g/mol. The van der Waals surface area contributed by atoms with Crippen LogP contribution >= 0.6 is 11.6 Å². The maximum atomic E-state index is 10.3. The van der Waals surface area contributed by atoms with Gasteiger partial charge < -0.3 is 16.2 Å². The van der Waals surface area contributed by atoms with Crippen LogP contribution in [-0.4, -0.2) is 23.5 Å². The quantitative estimate of drug-likeness (QED) is 0.691. The number of carbonyl (C=O) groups excluding carboxylic acids is 1. The second-order valence-electron chi connectivity index (χ2n) is 5.34. The van der Waals surface area contributed by atoms with Crippen molar-refractivity contribution in [3.63, 3.8) is 0 Å². The van der Waals surface area contributed by atoms with Gasteiger partial charge in [0.25, 0.3) is 0 Å². The van der Waals surface area contributed by atoms with Crippen molar-refractivity contribution in [1.82, 2.24) is 5.32 Å². The molecule has 2 aromatic rings. The molecule has 0 aliphatic carbocycles. The predicted octanol–water partition coefficient (Wildman–Crippen LogP) is 3.73. The number of hydrogen-bond acceptors (Lipinski definition) is 3. The number of halogens is 1. The first-order chi connectivity index (χ1) is 12.4. The number of benzene rings is 2. The molecular formula is C20H27ClN2O3. The summed E-state index contributed by atoms with van der Waals surface area (Å²) >= 11 is 5.53. The Bertz CT molecular complexity index is 619. The van der Waals surface area contributed by atoms with Gasteiger partial charge in [-0.1, -0.05) is 67.6 Å². The molecule has 0 heterocycles. The molecular weight excluding hydrogens is 352 g/mol. The molecule has 0 aliphatic heterocycles. The zero-order chi connectivity index (χ0) is 19.8. The van der Waals surface area contributed by atoms with Crippen LogP contribution in [0.15, 0.2) is 60.7 Å². The van der Waals surface area contributed by atoms with E-state index in [2.05, 4.69) is 5.32 Å². The monoisotopic (exact) mass is 378 g/mol. The minimum absolute atomic E-state index is 0.159. The maximum absolute atomic E-state index is 10.3. The van der Waals surface area contributed by atoms with Crippen LogP contribution < -0.4 is 11.1 Å². The van der Waals surface area contributed by atoms with Gasteiger partial charge in [-0.3, -0.25) is 9.59 Å². The van der Waals surface area contributed by atoms with E-state index in [0.29, 0.717) is 12.3 Å². The number of rotatable bonds is 5. The fourth-order valence-electron chi connectivity index (χ4n) is 1.62. The first-order valence-electron chi connectivity index (χ1n) is 8.29. The molecule has 142 valence electrons. The van der Waals surface area contributed by atoms with E-state index in [9.17, 15) is 9.59 Å². The minimum Gasteiger partial charge on any atom is -0.480 e. The summed E-state index contributed by atoms with van der Waals surface area (Å²) in [6.07, 6.45) is 0.327. The van der Waals surface area contributed by atoms with Crippen molar-refractivity contribution in [2.75, 3.05) is 6.54 Å². The summed E-state index contributed by atoms with van der Waals surface area (Å²) in [5.41, 5.74) is 7.98. The zero-order valence-corrected chi connectivity index (χ0v) is 15.9. The highest BCUT2D eigenvalue weighted by Crippen LogP contribution is 2.06. The van der Waals surface area contributed by atoms with E-state index in [1.165, 1.54) is 11.1 Å². The SMILES string of the molecule is CC(N)c1ccccc1.CCC(=O)NCC(=O)O.ClCc1ccccc1. The van der Waals surface area contributed by atoms with Gasteiger partial charge in [0.2, 0.25) is 5.91 Å². The number of nitrogens with two attached hydrogens (primary N) is 1. The zero-order valence-electron chi connectivity index (χ0n) is 15.2. The number of alkyl halides is 1. The van der Waals surface area contributed by atoms with Crippen molar-refractivity contribution >= 4 is 23.5 Å². The van der Waals surface area contributed by atoms with Crippen LogP contribution in [0.3, 0.4) is 0 Å². The summed E-state index contributed by atoms with van der Waals surface area (Å²) in [5, 5.41) is 10.2. The summed E-state index contributed by atoms with van der Waals surface area (Å²) in [5.74, 6) is -0.643. The highest BCUT2D eigenvalue weighted by Gasteiger charge is 1.98. The fourth-order valence-corrected chi connectivity index (χ4v) is 1.80. The molecule has 4 N–H and O–H groups in total. The number of carbonyl (C=O) groups is 2. The lowest BCUT2D eigenvalue weighted by atomic mass is 10.1. The summed E-state index contributed by atoms with van der Waals surface area (Å²) in [4.78, 5) is 20.1.